The van der Waals surface area contributed by atoms with Crippen molar-refractivity contribution >= 4 is 58.8 Å². The van der Waals surface area contributed by atoms with Crippen molar-refractivity contribution in [3.63, 3.8) is 0 Å². The lowest BCUT2D eigenvalue weighted by atomic mass is 10.1. The van der Waals surface area contributed by atoms with Crippen LogP contribution in [0.3, 0.4) is 0 Å². The van der Waals surface area contributed by atoms with Crippen molar-refractivity contribution in [2.24, 2.45) is 0 Å². The van der Waals surface area contributed by atoms with E-state index < -0.39 is 30.4 Å². The normalized spacial score (nSPS) is 15.4. The number of nitrogens with zero attached hydrogens (tertiary/aromatic N) is 1. The highest BCUT2D eigenvalue weighted by Gasteiger charge is 2.37. The number of rotatable bonds is 5. The second-order valence-corrected chi connectivity index (χ2v) is 6.67. The fourth-order valence-electron chi connectivity index (χ4n) is 2.54. The third-order valence-corrected chi connectivity index (χ3v) is 4.30. The average molecular weight is 435 g/mol. The van der Waals surface area contributed by atoms with Crippen LogP contribution >= 0.6 is 23.2 Å². The number of carbonyl (C=O) groups is 4. The molecule has 1 fully saturated rings. The van der Waals surface area contributed by atoms with E-state index in [-0.39, 0.29) is 27.6 Å². The maximum absolute atomic E-state index is 12.9. The van der Waals surface area contributed by atoms with Gasteiger partial charge in [-0.3, -0.25) is 14.9 Å². The molecule has 1 aliphatic rings. The van der Waals surface area contributed by atoms with Crippen LogP contribution in [0.1, 0.15) is 5.56 Å². The van der Waals surface area contributed by atoms with Gasteiger partial charge in [-0.2, -0.15) is 0 Å². The van der Waals surface area contributed by atoms with E-state index in [4.69, 9.17) is 33.0 Å². The number of amides is 4. The van der Waals surface area contributed by atoms with E-state index in [1.165, 1.54) is 48.5 Å². The first-order chi connectivity index (χ1) is 13.8. The maximum atomic E-state index is 12.9. The van der Waals surface area contributed by atoms with Crippen LogP contribution in [0.15, 0.2) is 48.0 Å². The summed E-state index contributed by atoms with van der Waals surface area (Å²) in [5.74, 6) is -2.89. The van der Waals surface area contributed by atoms with Crippen molar-refractivity contribution in [3.8, 4) is 5.75 Å². The molecular formula is C19H12Cl2N2O6. The molecule has 0 bridgehead atoms. The van der Waals surface area contributed by atoms with E-state index in [0.29, 0.717) is 5.02 Å². The largest absolute Gasteiger partial charge is 0.481 e. The number of carboxylic acid groups (broad SMARTS) is 1. The third kappa shape index (κ3) is 4.56. The number of aliphatic carboxylic acids is 1. The number of ether oxygens (including phenoxy) is 1. The molecule has 1 aliphatic heterocycles. The Balaban J connectivity index is 2.01. The first kappa shape index (κ1) is 20.4. The number of anilines is 1. The second kappa shape index (κ2) is 8.34. The van der Waals surface area contributed by atoms with Crippen molar-refractivity contribution in [3.05, 3.63) is 63.6 Å². The summed E-state index contributed by atoms with van der Waals surface area (Å²) in [5.41, 5.74) is 0.0494. The Morgan fingerprint density at radius 3 is 2.38 bits per heavy atom. The average Bonchev–Trinajstić information content (AvgIpc) is 2.65. The molecule has 29 heavy (non-hydrogen) atoms. The summed E-state index contributed by atoms with van der Waals surface area (Å²) in [6.45, 7) is -0.632. The number of urea groups is 1. The molecule has 2 N–H and O–H groups in total. The topological polar surface area (TPSA) is 113 Å². The number of halogens is 2. The maximum Gasteiger partial charge on any atom is 0.341 e. The molecule has 4 amide bonds. The van der Waals surface area contributed by atoms with Gasteiger partial charge in [-0.1, -0.05) is 23.2 Å². The Morgan fingerprint density at radius 1 is 1.07 bits per heavy atom. The van der Waals surface area contributed by atoms with Crippen molar-refractivity contribution < 1.29 is 29.0 Å². The molecule has 2 aromatic rings. The van der Waals surface area contributed by atoms with Gasteiger partial charge in [-0.15, -0.1) is 0 Å². The molecular weight excluding hydrogens is 423 g/mol. The molecule has 0 spiro atoms. The molecule has 1 heterocycles. The van der Waals surface area contributed by atoms with Crippen LogP contribution in [-0.4, -0.2) is 35.5 Å². The predicted molar refractivity (Wildman–Crippen MR) is 105 cm³/mol. The molecule has 0 atom stereocenters. The van der Waals surface area contributed by atoms with Crippen molar-refractivity contribution in [1.29, 1.82) is 0 Å². The minimum Gasteiger partial charge on any atom is -0.481 e. The van der Waals surface area contributed by atoms with E-state index in [9.17, 15) is 19.2 Å². The van der Waals surface area contributed by atoms with Crippen LogP contribution in [0.4, 0.5) is 10.5 Å². The molecule has 0 aliphatic carbocycles. The molecule has 148 valence electrons. The molecule has 3 rings (SSSR count). The third-order valence-electron chi connectivity index (χ3n) is 3.81. The molecule has 1 saturated heterocycles. The van der Waals surface area contributed by atoms with Gasteiger partial charge in [-0.05, 0) is 48.5 Å². The smallest absolute Gasteiger partial charge is 0.341 e. The fraction of sp³-hybridized carbons (Fsp3) is 0.0526. The van der Waals surface area contributed by atoms with Gasteiger partial charge in [-0.25, -0.2) is 14.5 Å². The summed E-state index contributed by atoms with van der Waals surface area (Å²) in [6, 6.07) is 9.25. The molecule has 2 aromatic carbocycles. The van der Waals surface area contributed by atoms with Crippen LogP contribution in [0, 0.1) is 0 Å². The van der Waals surface area contributed by atoms with Gasteiger partial charge < -0.3 is 9.84 Å². The van der Waals surface area contributed by atoms with E-state index >= 15 is 0 Å². The van der Waals surface area contributed by atoms with E-state index in [1.54, 1.807) is 0 Å². The lowest BCUT2D eigenvalue weighted by Gasteiger charge is -2.26. The molecule has 0 radical (unpaired) electrons. The number of barbiturate groups is 1. The van der Waals surface area contributed by atoms with Gasteiger partial charge in [0.25, 0.3) is 11.8 Å². The number of hydrogen-bond donors (Lipinski definition) is 2. The Hall–Kier alpha value is -3.36. The first-order valence-electron chi connectivity index (χ1n) is 8.07. The number of hydrogen-bond acceptors (Lipinski definition) is 5. The van der Waals surface area contributed by atoms with Gasteiger partial charge in [0.2, 0.25) is 0 Å². The predicted octanol–water partition coefficient (Wildman–Crippen LogP) is 3.12. The van der Waals surface area contributed by atoms with Crippen LogP contribution < -0.4 is 15.0 Å². The second-order valence-electron chi connectivity index (χ2n) is 5.80. The highest BCUT2D eigenvalue weighted by molar-refractivity contribution is 6.39. The monoisotopic (exact) mass is 434 g/mol. The standard InChI is InChI=1S/C19H12Cl2N2O6/c20-11-1-4-13(5-2-11)23-18(27)14(17(26)22-19(23)28)8-10-7-12(21)3-6-15(10)29-9-16(24)25/h1-8H,9H2,(H,24,25)(H,22,26,28)/b14-8+. The minimum absolute atomic E-state index is 0.0971. The zero-order valence-corrected chi connectivity index (χ0v) is 16.0. The lowest BCUT2D eigenvalue weighted by molar-refractivity contribution is -0.139. The number of carboxylic acids is 1. The SMILES string of the molecule is O=C(O)COc1ccc(Cl)cc1/C=C1\C(=O)NC(=O)N(c2ccc(Cl)cc2)C1=O. The van der Waals surface area contributed by atoms with Gasteiger partial charge in [0.1, 0.15) is 11.3 Å². The number of carbonyl (C=O) groups excluding carboxylic acids is 3. The zero-order chi connectivity index (χ0) is 21.1. The fourth-order valence-corrected chi connectivity index (χ4v) is 2.85. The molecule has 10 heteroatoms. The van der Waals surface area contributed by atoms with Crippen LogP contribution in [0.25, 0.3) is 6.08 Å². The van der Waals surface area contributed by atoms with Crippen molar-refractivity contribution in [2.45, 2.75) is 0 Å². The van der Waals surface area contributed by atoms with Crippen LogP contribution in [-0.2, 0) is 14.4 Å². The van der Waals surface area contributed by atoms with Gasteiger partial charge in [0.05, 0.1) is 5.69 Å². The Kier molecular flexibility index (Phi) is 5.86. The zero-order valence-electron chi connectivity index (χ0n) is 14.5. The number of nitrogens with one attached hydrogen (secondary N) is 1. The van der Waals surface area contributed by atoms with Crippen molar-refractivity contribution in [1.82, 2.24) is 5.32 Å². The quantitative estimate of drug-likeness (QED) is 0.551. The Labute approximate surface area is 174 Å². The summed E-state index contributed by atoms with van der Waals surface area (Å²) in [6.07, 6.45) is 1.18. The summed E-state index contributed by atoms with van der Waals surface area (Å²) >= 11 is 11.8. The number of imide groups is 2. The minimum atomic E-state index is -1.20. The summed E-state index contributed by atoms with van der Waals surface area (Å²) < 4.78 is 5.17. The highest BCUT2D eigenvalue weighted by atomic mass is 35.5. The highest BCUT2D eigenvalue weighted by Crippen LogP contribution is 2.28. The van der Waals surface area contributed by atoms with Gasteiger partial charge >= 0.3 is 12.0 Å². The van der Waals surface area contributed by atoms with Crippen LogP contribution in [0.5, 0.6) is 5.75 Å². The van der Waals surface area contributed by atoms with Gasteiger partial charge in [0, 0.05) is 15.6 Å². The first-order valence-corrected chi connectivity index (χ1v) is 8.83. The molecule has 0 aromatic heterocycles. The summed E-state index contributed by atoms with van der Waals surface area (Å²) in [5, 5.41) is 11.6. The molecule has 0 unspecified atom stereocenters. The van der Waals surface area contributed by atoms with Gasteiger partial charge in [0.15, 0.2) is 6.61 Å². The van der Waals surface area contributed by atoms with E-state index in [0.717, 1.165) is 4.90 Å². The number of benzene rings is 2. The summed E-state index contributed by atoms with van der Waals surface area (Å²) in [4.78, 5) is 48.9. The Bertz CT molecular complexity index is 1050. The van der Waals surface area contributed by atoms with Crippen LogP contribution in [0.2, 0.25) is 10.0 Å². The Morgan fingerprint density at radius 2 is 1.72 bits per heavy atom. The van der Waals surface area contributed by atoms with Crippen molar-refractivity contribution in [2.75, 3.05) is 11.5 Å². The lowest BCUT2D eigenvalue weighted by Crippen LogP contribution is -2.54. The summed E-state index contributed by atoms with van der Waals surface area (Å²) in [7, 11) is 0. The molecule has 0 saturated carbocycles. The van der Waals surface area contributed by atoms with E-state index in [1.807, 2.05) is 0 Å². The van der Waals surface area contributed by atoms with E-state index in [2.05, 4.69) is 5.32 Å². The molecule has 8 nitrogen and oxygen atoms in total.